The van der Waals surface area contributed by atoms with Gasteiger partial charge in [0.25, 0.3) is 0 Å². The normalized spacial score (nSPS) is 12.0. The number of aromatic nitrogens is 3. The van der Waals surface area contributed by atoms with Crippen molar-refractivity contribution in [1.29, 1.82) is 5.26 Å². The van der Waals surface area contributed by atoms with Gasteiger partial charge in [0.05, 0.1) is 34.4 Å². The van der Waals surface area contributed by atoms with E-state index in [1.807, 2.05) is 59.3 Å². The average molecular weight is 366 g/mol. The summed E-state index contributed by atoms with van der Waals surface area (Å²) in [5.74, 6) is 1.42. The minimum Gasteiger partial charge on any atom is -0.454 e. The first kappa shape index (κ1) is 16.1. The van der Waals surface area contributed by atoms with E-state index < -0.39 is 0 Å². The van der Waals surface area contributed by atoms with Gasteiger partial charge in [-0.2, -0.15) is 10.4 Å². The van der Waals surface area contributed by atoms with Crippen molar-refractivity contribution in [3.05, 3.63) is 78.5 Å². The van der Waals surface area contributed by atoms with Gasteiger partial charge in [0.15, 0.2) is 11.5 Å². The fraction of sp³-hybridized carbons (Fsp3) is 0.0455. The Bertz CT molecular complexity index is 1190. The van der Waals surface area contributed by atoms with Crippen molar-refractivity contribution in [3.8, 4) is 45.9 Å². The van der Waals surface area contributed by atoms with E-state index in [0.29, 0.717) is 11.3 Å². The highest BCUT2D eigenvalue weighted by molar-refractivity contribution is 5.69. The fourth-order valence-corrected chi connectivity index (χ4v) is 3.15. The molecule has 134 valence electrons. The highest BCUT2D eigenvalue weighted by Crippen LogP contribution is 2.35. The van der Waals surface area contributed by atoms with Gasteiger partial charge in [-0.25, -0.2) is 4.68 Å². The zero-order chi connectivity index (χ0) is 18.9. The largest absolute Gasteiger partial charge is 0.454 e. The summed E-state index contributed by atoms with van der Waals surface area (Å²) in [5, 5.41) is 13.8. The Hall–Kier alpha value is -4.11. The third kappa shape index (κ3) is 2.75. The highest BCUT2D eigenvalue weighted by Gasteiger charge is 2.18. The maximum Gasteiger partial charge on any atom is 0.231 e. The predicted molar refractivity (Wildman–Crippen MR) is 103 cm³/mol. The van der Waals surface area contributed by atoms with Crippen LogP contribution in [0.1, 0.15) is 5.56 Å². The first-order valence-corrected chi connectivity index (χ1v) is 8.74. The maximum absolute atomic E-state index is 9.02. The Morgan fingerprint density at radius 1 is 0.893 bits per heavy atom. The van der Waals surface area contributed by atoms with Crippen LogP contribution in [-0.2, 0) is 0 Å². The third-order valence-electron chi connectivity index (χ3n) is 4.55. The molecule has 0 N–H and O–H groups in total. The molecule has 1 aliphatic heterocycles. The summed E-state index contributed by atoms with van der Waals surface area (Å²) in [7, 11) is 0. The number of hydrogen-bond acceptors (Lipinski definition) is 5. The molecule has 3 heterocycles. The summed E-state index contributed by atoms with van der Waals surface area (Å²) < 4.78 is 12.8. The van der Waals surface area contributed by atoms with E-state index in [1.54, 1.807) is 18.3 Å². The molecule has 6 heteroatoms. The Morgan fingerprint density at radius 3 is 2.54 bits per heavy atom. The van der Waals surface area contributed by atoms with Gasteiger partial charge in [-0.05, 0) is 42.5 Å². The lowest BCUT2D eigenvalue weighted by Crippen LogP contribution is -2.00. The molecule has 0 atom stereocenters. The maximum atomic E-state index is 9.02. The average Bonchev–Trinajstić information content (AvgIpc) is 3.41. The van der Waals surface area contributed by atoms with Crippen molar-refractivity contribution in [2.24, 2.45) is 0 Å². The van der Waals surface area contributed by atoms with E-state index in [1.165, 1.54) is 0 Å². The Morgan fingerprint density at radius 2 is 1.75 bits per heavy atom. The van der Waals surface area contributed by atoms with Crippen molar-refractivity contribution in [1.82, 2.24) is 14.8 Å². The molecule has 1 aliphatic rings. The minimum atomic E-state index is 0.224. The second-order valence-corrected chi connectivity index (χ2v) is 6.27. The van der Waals surface area contributed by atoms with Crippen LogP contribution in [0.2, 0.25) is 0 Å². The molecule has 5 rings (SSSR count). The SMILES string of the molecule is N#Cc1ccc(-c2cc(-c3ccccn3)n(-c3ccc4c(c3)OCO4)n2)cc1. The van der Waals surface area contributed by atoms with Crippen LogP contribution in [0.4, 0.5) is 0 Å². The minimum absolute atomic E-state index is 0.224. The number of benzene rings is 2. The summed E-state index contributed by atoms with van der Waals surface area (Å²) in [6.45, 7) is 0.224. The van der Waals surface area contributed by atoms with Gasteiger partial charge in [0.2, 0.25) is 6.79 Å². The van der Waals surface area contributed by atoms with E-state index in [2.05, 4.69) is 11.1 Å². The van der Waals surface area contributed by atoms with Crippen LogP contribution in [0.5, 0.6) is 11.5 Å². The topological polar surface area (TPSA) is 73.0 Å². The van der Waals surface area contributed by atoms with Gasteiger partial charge in [0, 0.05) is 17.8 Å². The molecule has 0 radical (unpaired) electrons. The number of nitriles is 1. The monoisotopic (exact) mass is 366 g/mol. The van der Waals surface area contributed by atoms with E-state index in [0.717, 1.165) is 34.1 Å². The van der Waals surface area contributed by atoms with Gasteiger partial charge in [-0.3, -0.25) is 4.98 Å². The van der Waals surface area contributed by atoms with Crippen molar-refractivity contribution < 1.29 is 9.47 Å². The smallest absolute Gasteiger partial charge is 0.231 e. The lowest BCUT2D eigenvalue weighted by molar-refractivity contribution is 0.174. The second-order valence-electron chi connectivity index (χ2n) is 6.27. The number of rotatable bonds is 3. The molecule has 0 unspecified atom stereocenters. The van der Waals surface area contributed by atoms with Crippen LogP contribution in [0.3, 0.4) is 0 Å². The number of hydrogen-bond donors (Lipinski definition) is 0. The molecule has 0 saturated carbocycles. The molecule has 0 amide bonds. The zero-order valence-corrected chi connectivity index (χ0v) is 14.7. The predicted octanol–water partition coefficient (Wildman–Crippen LogP) is 4.20. The van der Waals surface area contributed by atoms with E-state index in [9.17, 15) is 0 Å². The standard InChI is InChI=1S/C22H14N4O2/c23-13-15-4-6-16(7-5-15)19-12-20(18-3-1-2-10-24-18)26(25-19)17-8-9-21-22(11-17)28-14-27-21/h1-12H,14H2. The van der Waals surface area contributed by atoms with Crippen LogP contribution in [0.15, 0.2) is 72.9 Å². The second kappa shape index (κ2) is 6.56. The van der Waals surface area contributed by atoms with Crippen LogP contribution >= 0.6 is 0 Å². The lowest BCUT2D eigenvalue weighted by atomic mass is 10.1. The van der Waals surface area contributed by atoms with Gasteiger partial charge < -0.3 is 9.47 Å². The molecule has 2 aromatic carbocycles. The molecule has 4 aromatic rings. The lowest BCUT2D eigenvalue weighted by Gasteiger charge is -2.08. The quantitative estimate of drug-likeness (QED) is 0.543. The summed E-state index contributed by atoms with van der Waals surface area (Å²) >= 11 is 0. The zero-order valence-electron chi connectivity index (χ0n) is 14.7. The summed E-state index contributed by atoms with van der Waals surface area (Å²) in [6, 6.07) is 23.0. The van der Waals surface area contributed by atoms with E-state index in [-0.39, 0.29) is 6.79 Å². The Balaban J connectivity index is 1.66. The number of fused-ring (bicyclic) bond motifs is 1. The molecule has 6 nitrogen and oxygen atoms in total. The molecule has 28 heavy (non-hydrogen) atoms. The van der Waals surface area contributed by atoms with Crippen LogP contribution < -0.4 is 9.47 Å². The van der Waals surface area contributed by atoms with Gasteiger partial charge >= 0.3 is 0 Å². The van der Waals surface area contributed by atoms with Gasteiger partial charge in [-0.15, -0.1) is 0 Å². The van der Waals surface area contributed by atoms with Crippen molar-refractivity contribution in [2.45, 2.75) is 0 Å². The number of ether oxygens (including phenoxy) is 2. The van der Waals surface area contributed by atoms with Gasteiger partial charge in [0.1, 0.15) is 0 Å². The first-order valence-electron chi connectivity index (χ1n) is 8.74. The first-order chi connectivity index (χ1) is 13.8. The third-order valence-corrected chi connectivity index (χ3v) is 4.55. The highest BCUT2D eigenvalue weighted by atomic mass is 16.7. The molecule has 0 saturated heterocycles. The molecule has 0 fully saturated rings. The van der Waals surface area contributed by atoms with Crippen molar-refractivity contribution in [2.75, 3.05) is 6.79 Å². The Labute approximate surface area is 161 Å². The molecule has 2 aromatic heterocycles. The molecule has 0 aliphatic carbocycles. The van der Waals surface area contributed by atoms with Crippen LogP contribution in [0, 0.1) is 11.3 Å². The van der Waals surface area contributed by atoms with Crippen molar-refractivity contribution in [3.63, 3.8) is 0 Å². The van der Waals surface area contributed by atoms with Crippen LogP contribution in [-0.4, -0.2) is 21.6 Å². The molecule has 0 bridgehead atoms. The molecular weight excluding hydrogens is 352 g/mol. The molecular formula is C22H14N4O2. The van der Waals surface area contributed by atoms with Crippen molar-refractivity contribution >= 4 is 0 Å². The van der Waals surface area contributed by atoms with E-state index >= 15 is 0 Å². The van der Waals surface area contributed by atoms with Gasteiger partial charge in [-0.1, -0.05) is 18.2 Å². The fourth-order valence-electron chi connectivity index (χ4n) is 3.15. The molecule has 0 spiro atoms. The van der Waals surface area contributed by atoms with Crippen LogP contribution in [0.25, 0.3) is 28.3 Å². The summed E-state index contributed by atoms with van der Waals surface area (Å²) in [6.07, 6.45) is 1.76. The number of nitrogens with zero attached hydrogens (tertiary/aromatic N) is 4. The number of pyridine rings is 1. The Kier molecular flexibility index (Phi) is 3.77. The summed E-state index contributed by atoms with van der Waals surface area (Å²) in [4.78, 5) is 4.48. The van der Waals surface area contributed by atoms with E-state index in [4.69, 9.17) is 19.8 Å². The summed E-state index contributed by atoms with van der Waals surface area (Å²) in [5.41, 5.74) is 4.86.